The fourth-order valence-electron chi connectivity index (χ4n) is 7.51. The Labute approximate surface area is 346 Å². The van der Waals surface area contributed by atoms with Gasteiger partial charge in [0.1, 0.15) is 17.6 Å². The number of aliphatic hydroxyl groups is 2. The lowest BCUT2D eigenvalue weighted by molar-refractivity contribution is -0.160. The van der Waals surface area contributed by atoms with Gasteiger partial charge in [0.05, 0.1) is 57.5 Å². The highest BCUT2D eigenvalue weighted by molar-refractivity contribution is 6.34. The number of nitrogens with one attached hydrogen (secondary N) is 1. The predicted molar refractivity (Wildman–Crippen MR) is 214 cm³/mol. The first-order valence-corrected chi connectivity index (χ1v) is 19.4. The van der Waals surface area contributed by atoms with Gasteiger partial charge in [-0.3, -0.25) is 24.0 Å². The Kier molecular flexibility index (Phi) is 13.5. The molecule has 2 aromatic rings. The number of hydrogen-bond acceptors (Lipinski definition) is 13. The Balaban J connectivity index is 1.66. The number of hydrogen-bond donors (Lipinski definition) is 3. The number of ketones is 3. The molecule has 59 heavy (non-hydrogen) atoms. The average molecular weight is 834 g/mol. The quantitative estimate of drug-likeness (QED) is 0.247. The summed E-state index contributed by atoms with van der Waals surface area (Å²) in [5.41, 5.74) is -1.60. The van der Waals surface area contributed by atoms with E-state index in [1.165, 1.54) is 65.2 Å². The highest BCUT2D eigenvalue weighted by Crippen LogP contribution is 2.48. The van der Waals surface area contributed by atoms with Crippen molar-refractivity contribution >= 4 is 46.8 Å². The van der Waals surface area contributed by atoms with E-state index in [1.807, 2.05) is 0 Å². The van der Waals surface area contributed by atoms with Gasteiger partial charge in [-0.05, 0) is 32.1 Å². The zero-order chi connectivity index (χ0) is 43.7. The molecule has 14 nitrogen and oxygen atoms in total. The van der Waals surface area contributed by atoms with Crippen LogP contribution in [0, 0.1) is 30.6 Å². The molecule has 1 aliphatic carbocycles. The molecule has 314 valence electrons. The number of methoxy groups -OCH3 is 1. The van der Waals surface area contributed by atoms with Gasteiger partial charge in [-0.25, -0.2) is 4.79 Å². The minimum Gasteiger partial charge on any atom is -0.462 e. The Morgan fingerprint density at radius 2 is 1.59 bits per heavy atom. The van der Waals surface area contributed by atoms with Crippen LogP contribution in [0.3, 0.4) is 0 Å². The number of carbonyl (C=O) groups excluding carboxylic acids is 6. The smallest absolute Gasteiger partial charge is 0.345 e. The molecule has 2 aromatic carbocycles. The van der Waals surface area contributed by atoms with E-state index in [0.29, 0.717) is 0 Å². The zero-order valence-electron chi connectivity index (χ0n) is 34.2. The number of halogens is 1. The minimum atomic E-state index is -2.13. The summed E-state index contributed by atoms with van der Waals surface area (Å²) < 4.78 is 29.3. The molecule has 0 aromatic heterocycles. The van der Waals surface area contributed by atoms with Crippen molar-refractivity contribution in [2.75, 3.05) is 7.11 Å². The molecule has 0 radical (unpaired) electrons. The Bertz CT molecular complexity index is 2200. The van der Waals surface area contributed by atoms with Gasteiger partial charge >= 0.3 is 17.7 Å². The summed E-state index contributed by atoms with van der Waals surface area (Å²) in [7, 11) is 1.41. The number of amides is 1. The molecule has 6 rings (SSSR count). The third kappa shape index (κ3) is 8.81. The van der Waals surface area contributed by atoms with E-state index in [-0.39, 0.29) is 33.0 Å². The first-order chi connectivity index (χ1) is 27.7. The van der Waals surface area contributed by atoms with Crippen molar-refractivity contribution in [3.63, 3.8) is 0 Å². The van der Waals surface area contributed by atoms with Gasteiger partial charge in [0.15, 0.2) is 5.78 Å². The molecule has 0 fully saturated rings. The second kappa shape index (κ2) is 17.8. The molecule has 1 amide bonds. The SMILES string of the molecule is CO[C@H]1/C=C/O[C@@]2(C)Oc3c(C)c(OC(=O)c4ccccc4Cl)c4c(c3C2=O)C(=O)C=C(NC(=O)/C(C)=C\C=C\[C@H](C)[C@H](O)[C@@H](C)[C@H](O)[C@H](C)[C@H](OC(C)=O)[C@@H]1C)C4=O. The standard InChI is InChI=1S/C44H48ClNO13/c1-20-13-12-14-21(2)42(53)46-29-19-30(48)32-33(37(29)51)39(58-43(54)27-15-10-11-16-28(27)45)25(6)40-34(32)41(52)44(8,59-40)56-18-17-31(55-9)22(3)38(57-26(7)47)24(5)36(50)23(4)35(20)49/h10-20,22-24,31,35-36,38,49-50H,1-9H3,(H,46,53)/b13-12+,18-17+,21-14-/t20-,22+,23+,24-,31-,35-,36-,38+,44-/m0/s1. The molecule has 0 unspecified atom stereocenters. The molecule has 3 N–H and O–H groups in total. The summed E-state index contributed by atoms with van der Waals surface area (Å²) in [6, 6.07) is 6.01. The number of esters is 2. The maximum atomic E-state index is 14.3. The highest BCUT2D eigenvalue weighted by Gasteiger charge is 2.52. The summed E-state index contributed by atoms with van der Waals surface area (Å²) in [5, 5.41) is 25.3. The molecule has 0 saturated carbocycles. The maximum absolute atomic E-state index is 14.3. The van der Waals surface area contributed by atoms with Gasteiger partial charge in [0.2, 0.25) is 5.78 Å². The first-order valence-electron chi connectivity index (χ1n) is 19.0. The van der Waals surface area contributed by atoms with Crippen LogP contribution in [0.2, 0.25) is 5.02 Å². The Hall–Kier alpha value is -5.41. The number of allylic oxidation sites excluding steroid dienone is 4. The van der Waals surface area contributed by atoms with Gasteiger partial charge in [-0.2, -0.15) is 0 Å². The predicted octanol–water partition coefficient (Wildman–Crippen LogP) is 5.80. The van der Waals surface area contributed by atoms with Gasteiger partial charge in [-0.15, -0.1) is 0 Å². The van der Waals surface area contributed by atoms with Crippen LogP contribution in [0.4, 0.5) is 0 Å². The van der Waals surface area contributed by atoms with Crippen LogP contribution in [0.25, 0.3) is 0 Å². The topological polar surface area (TPSA) is 201 Å². The normalized spacial score (nSPS) is 30.8. The maximum Gasteiger partial charge on any atom is 0.345 e. The summed E-state index contributed by atoms with van der Waals surface area (Å²) in [6.45, 7) is 12.2. The Morgan fingerprint density at radius 1 is 0.915 bits per heavy atom. The number of aliphatic hydroxyl groups excluding tert-OH is 2. The van der Waals surface area contributed by atoms with Crippen molar-refractivity contribution in [1.29, 1.82) is 0 Å². The van der Waals surface area contributed by atoms with Crippen molar-refractivity contribution in [1.82, 2.24) is 5.32 Å². The van der Waals surface area contributed by atoms with Gasteiger partial charge in [0.25, 0.3) is 11.7 Å². The summed E-state index contributed by atoms with van der Waals surface area (Å²) >= 11 is 6.29. The summed E-state index contributed by atoms with van der Waals surface area (Å²) in [6.07, 6.45) is 4.08. The van der Waals surface area contributed by atoms with E-state index >= 15 is 0 Å². The van der Waals surface area contributed by atoms with Crippen LogP contribution >= 0.6 is 11.6 Å². The summed E-state index contributed by atoms with van der Waals surface area (Å²) in [4.78, 5) is 82.0. The van der Waals surface area contributed by atoms with E-state index in [0.717, 1.165) is 12.3 Å². The van der Waals surface area contributed by atoms with Crippen molar-refractivity contribution in [2.24, 2.45) is 23.7 Å². The molecule has 3 aliphatic heterocycles. The zero-order valence-corrected chi connectivity index (χ0v) is 34.9. The molecule has 3 heterocycles. The number of benzene rings is 2. The lowest BCUT2D eigenvalue weighted by Crippen LogP contribution is -2.46. The molecule has 0 saturated heterocycles. The van der Waals surface area contributed by atoms with Crippen LogP contribution in [0.5, 0.6) is 11.5 Å². The van der Waals surface area contributed by atoms with Gasteiger partial charge in [0, 0.05) is 61.8 Å². The van der Waals surface area contributed by atoms with Crippen LogP contribution in [0.1, 0.15) is 95.5 Å². The second-order valence-corrected chi connectivity index (χ2v) is 15.6. The van der Waals surface area contributed by atoms with Crippen molar-refractivity contribution < 1.29 is 62.7 Å². The van der Waals surface area contributed by atoms with E-state index < -0.39 is 112 Å². The van der Waals surface area contributed by atoms with Crippen LogP contribution in [0.15, 0.2) is 72.2 Å². The lowest BCUT2D eigenvalue weighted by Gasteiger charge is -2.38. The number of Topliss-reactive ketones (excluding diaryl/α,β-unsaturated/α-hetero) is 2. The number of rotatable bonds is 4. The molecule has 9 atom stereocenters. The van der Waals surface area contributed by atoms with Crippen LogP contribution < -0.4 is 14.8 Å². The highest BCUT2D eigenvalue weighted by atomic mass is 35.5. The molecule has 4 aliphatic rings. The third-order valence-electron chi connectivity index (χ3n) is 11.1. The van der Waals surface area contributed by atoms with Crippen molar-refractivity contribution in [2.45, 2.75) is 85.6 Å². The monoisotopic (exact) mass is 833 g/mol. The van der Waals surface area contributed by atoms with Crippen LogP contribution in [-0.2, 0) is 23.8 Å². The lowest BCUT2D eigenvalue weighted by atomic mass is 9.78. The Morgan fingerprint density at radius 3 is 2.24 bits per heavy atom. The second-order valence-electron chi connectivity index (χ2n) is 15.2. The fourth-order valence-corrected chi connectivity index (χ4v) is 7.72. The molecule has 15 heteroatoms. The summed E-state index contributed by atoms with van der Waals surface area (Å²) in [5.74, 6) is -10.3. The van der Waals surface area contributed by atoms with Crippen molar-refractivity contribution in [3.05, 3.63) is 105 Å². The minimum absolute atomic E-state index is 0.00466. The molecule has 0 spiro atoms. The molecular formula is C44H48ClNO13. The first kappa shape index (κ1) is 44.7. The number of fused-ring (bicyclic) bond motifs is 14. The van der Waals surface area contributed by atoms with E-state index in [2.05, 4.69) is 5.32 Å². The fraction of sp³-hybridized carbons (Fsp3) is 0.409. The third-order valence-corrected chi connectivity index (χ3v) is 11.4. The van der Waals surface area contributed by atoms with Crippen molar-refractivity contribution in [3.8, 4) is 11.5 Å². The van der Waals surface area contributed by atoms with Gasteiger partial charge in [-0.1, -0.05) is 69.7 Å². The molecule has 5 bridgehead atoms. The van der Waals surface area contributed by atoms with E-state index in [9.17, 15) is 39.0 Å². The number of ether oxygens (including phenoxy) is 5. The van der Waals surface area contributed by atoms with Crippen LogP contribution in [-0.4, -0.2) is 82.7 Å². The molecular weight excluding hydrogens is 786 g/mol. The van der Waals surface area contributed by atoms with E-state index in [1.54, 1.807) is 45.9 Å². The largest absolute Gasteiger partial charge is 0.462 e. The average Bonchev–Trinajstić information content (AvgIpc) is 3.46. The van der Waals surface area contributed by atoms with Gasteiger partial charge < -0.3 is 39.2 Å². The number of carbonyl (C=O) groups is 6. The van der Waals surface area contributed by atoms with E-state index in [4.69, 9.17) is 35.3 Å².